The zero-order valence-electron chi connectivity index (χ0n) is 7.29. The molecule has 5 heteroatoms. The Balaban J connectivity index is 2.92. The molecule has 1 heterocycles. The van der Waals surface area contributed by atoms with Crippen LogP contribution in [-0.4, -0.2) is 17.4 Å². The summed E-state index contributed by atoms with van der Waals surface area (Å²) in [5, 5.41) is 0. The minimum absolute atomic E-state index is 0.606. The molecular weight excluding hydrogens is 232 g/mol. The number of nitrogens with two attached hydrogens (primary N) is 1. The molecule has 0 atom stereocenters. The maximum Gasteiger partial charge on any atom is 0.161 e. The molecule has 3 N–H and O–H groups in total. The monoisotopic (exact) mass is 242 g/mol. The zero-order valence-corrected chi connectivity index (χ0v) is 8.87. The van der Waals surface area contributed by atoms with Crippen LogP contribution in [-0.2, 0) is 0 Å². The predicted octanol–water partition coefficient (Wildman–Crippen LogP) is 1.07. The zero-order chi connectivity index (χ0) is 9.68. The van der Waals surface area contributed by atoms with Crippen molar-refractivity contribution >= 4 is 21.8 Å². The summed E-state index contributed by atoms with van der Waals surface area (Å²) in [6.45, 7) is 2.62. The highest BCUT2D eigenvalue weighted by atomic mass is 79.9. The van der Waals surface area contributed by atoms with E-state index in [0.717, 1.165) is 10.2 Å². The van der Waals surface area contributed by atoms with E-state index in [1.54, 1.807) is 6.20 Å². The minimum Gasteiger partial charge on any atom is -0.307 e. The molecule has 0 aliphatic rings. The van der Waals surface area contributed by atoms with Crippen LogP contribution in [0.25, 0.3) is 0 Å². The number of halogens is 1. The van der Waals surface area contributed by atoms with E-state index in [-0.39, 0.29) is 0 Å². The number of hydrazine groups is 1. The average Bonchev–Trinajstić information content (AvgIpc) is 2.16. The van der Waals surface area contributed by atoms with Gasteiger partial charge in [0.25, 0.3) is 0 Å². The Morgan fingerprint density at radius 2 is 2.46 bits per heavy atom. The average molecular weight is 243 g/mol. The Morgan fingerprint density at radius 1 is 1.69 bits per heavy atom. The number of aromatic nitrogens is 1. The Morgan fingerprint density at radius 3 is 2.92 bits per heavy atom. The van der Waals surface area contributed by atoms with E-state index in [9.17, 15) is 0 Å². The van der Waals surface area contributed by atoms with Gasteiger partial charge in [-0.25, -0.2) is 5.84 Å². The van der Waals surface area contributed by atoms with Gasteiger partial charge in [-0.15, -0.1) is 0 Å². The highest BCUT2D eigenvalue weighted by Gasteiger charge is 2.00. The van der Waals surface area contributed by atoms with Gasteiger partial charge in [0.2, 0.25) is 0 Å². The lowest BCUT2D eigenvalue weighted by Gasteiger charge is -2.03. The maximum atomic E-state index is 5.30. The second kappa shape index (κ2) is 4.94. The lowest BCUT2D eigenvalue weighted by Crippen LogP contribution is -2.31. The Hall–Kier alpha value is -0.940. The molecule has 0 radical (unpaired) electrons. The van der Waals surface area contributed by atoms with Crippen molar-refractivity contribution in [1.29, 1.82) is 0 Å². The molecule has 70 valence electrons. The van der Waals surface area contributed by atoms with Crippen molar-refractivity contribution in [3.63, 3.8) is 0 Å². The molecule has 0 saturated heterocycles. The first-order chi connectivity index (χ1) is 6.27. The van der Waals surface area contributed by atoms with Crippen LogP contribution >= 0.6 is 15.9 Å². The van der Waals surface area contributed by atoms with Crippen LogP contribution in [0.1, 0.15) is 12.6 Å². The van der Waals surface area contributed by atoms with E-state index in [2.05, 4.69) is 31.3 Å². The van der Waals surface area contributed by atoms with E-state index in [1.165, 1.54) is 0 Å². The summed E-state index contributed by atoms with van der Waals surface area (Å²) in [6, 6.07) is 3.74. The summed E-state index contributed by atoms with van der Waals surface area (Å²) in [6.07, 6.45) is 1.71. The first-order valence-corrected chi connectivity index (χ1v) is 4.70. The standard InChI is InChI=1S/C8H11BrN4/c1-2-11-8(13-10)7-4-3-6(9)5-12-7/h3-5H,2,10H2,1H3,(H,11,13). The number of hydrogen-bond acceptors (Lipinski definition) is 3. The fraction of sp³-hybridized carbons (Fsp3) is 0.250. The molecule has 1 aromatic heterocycles. The third-order valence-corrected chi connectivity index (χ3v) is 1.89. The maximum absolute atomic E-state index is 5.30. The smallest absolute Gasteiger partial charge is 0.161 e. The van der Waals surface area contributed by atoms with Crippen molar-refractivity contribution in [2.45, 2.75) is 6.92 Å². The highest BCUT2D eigenvalue weighted by molar-refractivity contribution is 9.10. The largest absolute Gasteiger partial charge is 0.307 e. The number of hydrogen-bond donors (Lipinski definition) is 2. The number of nitrogens with one attached hydrogen (secondary N) is 1. The van der Waals surface area contributed by atoms with Crippen molar-refractivity contribution in [2.24, 2.45) is 10.8 Å². The van der Waals surface area contributed by atoms with Crippen molar-refractivity contribution < 1.29 is 0 Å². The molecule has 0 unspecified atom stereocenters. The molecule has 0 saturated carbocycles. The fourth-order valence-electron chi connectivity index (χ4n) is 0.875. The molecule has 13 heavy (non-hydrogen) atoms. The number of pyridine rings is 1. The molecular formula is C8H11BrN4. The van der Waals surface area contributed by atoms with Gasteiger partial charge in [0.05, 0.1) is 0 Å². The van der Waals surface area contributed by atoms with Gasteiger partial charge in [-0.3, -0.25) is 9.98 Å². The lowest BCUT2D eigenvalue weighted by molar-refractivity contribution is 0.980. The Kier molecular flexibility index (Phi) is 3.85. The van der Waals surface area contributed by atoms with Crippen molar-refractivity contribution in [3.8, 4) is 0 Å². The normalized spacial score (nSPS) is 11.5. The molecule has 1 aromatic rings. The lowest BCUT2D eigenvalue weighted by atomic mass is 10.3. The van der Waals surface area contributed by atoms with Crippen molar-refractivity contribution in [3.05, 3.63) is 28.5 Å². The van der Waals surface area contributed by atoms with Gasteiger partial charge in [0.15, 0.2) is 5.84 Å². The van der Waals surface area contributed by atoms with Gasteiger partial charge in [-0.05, 0) is 35.0 Å². The minimum atomic E-state index is 0.606. The third-order valence-electron chi connectivity index (χ3n) is 1.42. The van der Waals surface area contributed by atoms with E-state index in [0.29, 0.717) is 12.4 Å². The number of nitrogens with zero attached hydrogens (tertiary/aromatic N) is 2. The van der Waals surface area contributed by atoms with Crippen LogP contribution in [0.2, 0.25) is 0 Å². The van der Waals surface area contributed by atoms with E-state index < -0.39 is 0 Å². The first-order valence-electron chi connectivity index (χ1n) is 3.91. The summed E-state index contributed by atoms with van der Waals surface area (Å²) in [7, 11) is 0. The second-order valence-corrected chi connectivity index (χ2v) is 3.24. The van der Waals surface area contributed by atoms with Crippen LogP contribution in [0.4, 0.5) is 0 Å². The van der Waals surface area contributed by atoms with Crippen LogP contribution in [0.15, 0.2) is 27.8 Å². The predicted molar refractivity (Wildman–Crippen MR) is 56.3 cm³/mol. The summed E-state index contributed by atoms with van der Waals surface area (Å²) in [5.74, 6) is 5.90. The summed E-state index contributed by atoms with van der Waals surface area (Å²) in [5.41, 5.74) is 3.25. The topological polar surface area (TPSA) is 63.3 Å². The van der Waals surface area contributed by atoms with Gasteiger partial charge >= 0.3 is 0 Å². The first kappa shape index (κ1) is 10.1. The van der Waals surface area contributed by atoms with Crippen LogP contribution in [0, 0.1) is 0 Å². The molecule has 0 bridgehead atoms. The fourth-order valence-corrected chi connectivity index (χ4v) is 1.11. The molecule has 0 fully saturated rings. The molecule has 4 nitrogen and oxygen atoms in total. The molecule has 0 aliphatic carbocycles. The van der Waals surface area contributed by atoms with E-state index in [1.807, 2.05) is 19.1 Å². The van der Waals surface area contributed by atoms with E-state index in [4.69, 9.17) is 5.84 Å². The molecule has 0 aliphatic heterocycles. The molecule has 0 aromatic carbocycles. The van der Waals surface area contributed by atoms with E-state index >= 15 is 0 Å². The summed E-state index contributed by atoms with van der Waals surface area (Å²) in [4.78, 5) is 8.29. The SMILES string of the molecule is CCN=C(NN)c1ccc(Br)cn1. The van der Waals surface area contributed by atoms with Gasteiger partial charge in [0.1, 0.15) is 5.69 Å². The van der Waals surface area contributed by atoms with Gasteiger partial charge in [-0.2, -0.15) is 0 Å². The summed E-state index contributed by atoms with van der Waals surface area (Å²) < 4.78 is 0.934. The van der Waals surface area contributed by atoms with Gasteiger partial charge in [0, 0.05) is 17.2 Å². The third kappa shape index (κ3) is 2.78. The summed E-state index contributed by atoms with van der Waals surface area (Å²) >= 11 is 3.30. The Labute approximate surface area is 85.4 Å². The number of amidine groups is 1. The second-order valence-electron chi connectivity index (χ2n) is 2.33. The van der Waals surface area contributed by atoms with Crippen molar-refractivity contribution in [2.75, 3.05) is 6.54 Å². The molecule has 0 spiro atoms. The highest BCUT2D eigenvalue weighted by Crippen LogP contribution is 2.07. The van der Waals surface area contributed by atoms with Crippen molar-refractivity contribution in [1.82, 2.24) is 10.4 Å². The number of aliphatic imine (C=N–C) groups is 1. The molecule has 1 rings (SSSR count). The quantitative estimate of drug-likeness (QED) is 0.353. The van der Waals surface area contributed by atoms with Crippen LogP contribution in [0.5, 0.6) is 0 Å². The van der Waals surface area contributed by atoms with Gasteiger partial charge in [-0.1, -0.05) is 0 Å². The van der Waals surface area contributed by atoms with Crippen LogP contribution < -0.4 is 11.3 Å². The molecule has 0 amide bonds. The van der Waals surface area contributed by atoms with Crippen LogP contribution in [0.3, 0.4) is 0 Å². The Bertz CT molecular complexity index is 294. The van der Waals surface area contributed by atoms with Gasteiger partial charge < -0.3 is 5.43 Å². The number of rotatable bonds is 2.